The topological polar surface area (TPSA) is 46.9 Å². The number of amides is 1. The standard InChI is InChI=1S/C13H15N3OS/c17-13(11-3-8-18-9-11)15-5-7-16-6-4-14-12(16)10-1-2-10/h3-4,6,8-10H,1-2,5,7H2,(H,15,17). The zero-order chi connectivity index (χ0) is 12.4. The minimum Gasteiger partial charge on any atom is -0.350 e. The molecule has 0 unspecified atom stereocenters. The van der Waals surface area contributed by atoms with Crippen LogP contribution in [-0.2, 0) is 6.54 Å². The molecule has 1 aliphatic rings. The number of hydrogen-bond acceptors (Lipinski definition) is 3. The van der Waals surface area contributed by atoms with Crippen LogP contribution < -0.4 is 5.32 Å². The molecule has 2 heterocycles. The zero-order valence-electron chi connectivity index (χ0n) is 10.0. The van der Waals surface area contributed by atoms with E-state index in [1.807, 2.05) is 29.2 Å². The van der Waals surface area contributed by atoms with Gasteiger partial charge in [0.1, 0.15) is 5.82 Å². The fourth-order valence-electron chi connectivity index (χ4n) is 2.00. The number of hydrogen-bond donors (Lipinski definition) is 1. The van der Waals surface area contributed by atoms with Crippen LogP contribution in [0.5, 0.6) is 0 Å². The van der Waals surface area contributed by atoms with Crippen molar-refractivity contribution in [3.63, 3.8) is 0 Å². The maximum Gasteiger partial charge on any atom is 0.252 e. The number of rotatable bonds is 5. The summed E-state index contributed by atoms with van der Waals surface area (Å²) in [7, 11) is 0. The highest BCUT2D eigenvalue weighted by Gasteiger charge is 2.27. The second kappa shape index (κ2) is 4.94. The molecule has 3 rings (SSSR count). The van der Waals surface area contributed by atoms with Gasteiger partial charge in [0.25, 0.3) is 5.91 Å². The van der Waals surface area contributed by atoms with E-state index in [1.54, 1.807) is 0 Å². The van der Waals surface area contributed by atoms with E-state index in [0.717, 1.165) is 12.1 Å². The van der Waals surface area contributed by atoms with E-state index in [4.69, 9.17) is 0 Å². The number of carbonyl (C=O) groups excluding carboxylic acids is 1. The molecule has 5 heteroatoms. The number of aromatic nitrogens is 2. The first kappa shape index (κ1) is 11.5. The van der Waals surface area contributed by atoms with Crippen LogP contribution in [0.3, 0.4) is 0 Å². The van der Waals surface area contributed by atoms with Crippen molar-refractivity contribution in [2.24, 2.45) is 0 Å². The summed E-state index contributed by atoms with van der Waals surface area (Å²) in [4.78, 5) is 16.1. The van der Waals surface area contributed by atoms with E-state index in [9.17, 15) is 4.79 Å². The Bertz CT molecular complexity index is 528. The lowest BCUT2D eigenvalue weighted by atomic mass is 10.3. The highest BCUT2D eigenvalue weighted by molar-refractivity contribution is 7.08. The van der Waals surface area contributed by atoms with Crippen molar-refractivity contribution in [1.29, 1.82) is 0 Å². The first-order chi connectivity index (χ1) is 8.84. The Morgan fingerprint density at radius 3 is 3.17 bits per heavy atom. The van der Waals surface area contributed by atoms with Crippen LogP contribution in [-0.4, -0.2) is 22.0 Å². The van der Waals surface area contributed by atoms with E-state index in [1.165, 1.54) is 30.0 Å². The Labute approximate surface area is 110 Å². The van der Waals surface area contributed by atoms with Gasteiger partial charge in [-0.05, 0) is 24.3 Å². The van der Waals surface area contributed by atoms with Crippen LogP contribution >= 0.6 is 11.3 Å². The summed E-state index contributed by atoms with van der Waals surface area (Å²) >= 11 is 1.54. The predicted octanol–water partition coefficient (Wildman–Crippen LogP) is 2.25. The maximum atomic E-state index is 11.7. The van der Waals surface area contributed by atoms with Gasteiger partial charge in [-0.1, -0.05) is 0 Å². The number of imidazole rings is 1. The molecule has 0 radical (unpaired) electrons. The normalized spacial score (nSPS) is 14.7. The second-order valence-electron chi connectivity index (χ2n) is 4.52. The predicted molar refractivity (Wildman–Crippen MR) is 70.9 cm³/mol. The molecule has 1 fully saturated rings. The Morgan fingerprint density at radius 1 is 1.56 bits per heavy atom. The lowest BCUT2D eigenvalue weighted by Gasteiger charge is -2.08. The third-order valence-electron chi connectivity index (χ3n) is 3.11. The number of thiophene rings is 1. The molecule has 2 aromatic rings. The van der Waals surface area contributed by atoms with Gasteiger partial charge in [0.05, 0.1) is 0 Å². The quantitative estimate of drug-likeness (QED) is 0.897. The van der Waals surface area contributed by atoms with Crippen molar-refractivity contribution in [1.82, 2.24) is 14.9 Å². The third-order valence-corrected chi connectivity index (χ3v) is 3.80. The monoisotopic (exact) mass is 261 g/mol. The average molecular weight is 261 g/mol. The van der Waals surface area contributed by atoms with Crippen LogP contribution in [0.25, 0.3) is 0 Å². The Hall–Kier alpha value is -1.62. The zero-order valence-corrected chi connectivity index (χ0v) is 10.8. The Balaban J connectivity index is 1.52. The van der Waals surface area contributed by atoms with Crippen LogP contribution in [0, 0.1) is 0 Å². The van der Waals surface area contributed by atoms with Crippen molar-refractivity contribution in [3.8, 4) is 0 Å². The first-order valence-electron chi connectivity index (χ1n) is 6.16. The van der Waals surface area contributed by atoms with Gasteiger partial charge < -0.3 is 9.88 Å². The third kappa shape index (κ3) is 2.46. The van der Waals surface area contributed by atoms with E-state index in [0.29, 0.717) is 12.5 Å². The van der Waals surface area contributed by atoms with Crippen molar-refractivity contribution in [2.45, 2.75) is 25.3 Å². The van der Waals surface area contributed by atoms with Crippen molar-refractivity contribution < 1.29 is 4.79 Å². The smallest absolute Gasteiger partial charge is 0.252 e. The van der Waals surface area contributed by atoms with Crippen LogP contribution in [0.15, 0.2) is 29.2 Å². The lowest BCUT2D eigenvalue weighted by molar-refractivity contribution is 0.0952. The molecule has 4 nitrogen and oxygen atoms in total. The minimum atomic E-state index is 0.00402. The molecule has 1 aliphatic carbocycles. The van der Waals surface area contributed by atoms with E-state index in [-0.39, 0.29) is 5.91 Å². The van der Waals surface area contributed by atoms with E-state index < -0.39 is 0 Å². The molecule has 2 aromatic heterocycles. The van der Waals surface area contributed by atoms with Gasteiger partial charge in [0.2, 0.25) is 0 Å². The van der Waals surface area contributed by atoms with Gasteiger partial charge in [-0.25, -0.2) is 4.98 Å². The Morgan fingerprint density at radius 2 is 2.44 bits per heavy atom. The summed E-state index contributed by atoms with van der Waals surface area (Å²) < 4.78 is 2.14. The van der Waals surface area contributed by atoms with Crippen LogP contribution in [0.1, 0.15) is 34.9 Å². The van der Waals surface area contributed by atoms with Crippen molar-refractivity contribution in [3.05, 3.63) is 40.6 Å². The molecule has 0 aromatic carbocycles. The summed E-state index contributed by atoms with van der Waals surface area (Å²) in [5.41, 5.74) is 0.744. The molecule has 0 saturated heterocycles. The summed E-state index contributed by atoms with van der Waals surface area (Å²) in [5, 5.41) is 6.70. The summed E-state index contributed by atoms with van der Waals surface area (Å²) in [6.45, 7) is 1.44. The van der Waals surface area contributed by atoms with Crippen molar-refractivity contribution in [2.75, 3.05) is 6.54 Å². The largest absolute Gasteiger partial charge is 0.350 e. The second-order valence-corrected chi connectivity index (χ2v) is 5.30. The highest BCUT2D eigenvalue weighted by atomic mass is 32.1. The Kier molecular flexibility index (Phi) is 3.15. The molecule has 0 aliphatic heterocycles. The summed E-state index contributed by atoms with van der Waals surface area (Å²) in [5.74, 6) is 1.82. The van der Waals surface area contributed by atoms with Gasteiger partial charge in [-0.15, -0.1) is 0 Å². The molecule has 1 N–H and O–H groups in total. The first-order valence-corrected chi connectivity index (χ1v) is 7.10. The maximum absolute atomic E-state index is 11.7. The number of nitrogens with zero attached hydrogens (tertiary/aromatic N) is 2. The van der Waals surface area contributed by atoms with Gasteiger partial charge in [0, 0.05) is 42.3 Å². The number of carbonyl (C=O) groups is 1. The average Bonchev–Trinajstić information content (AvgIpc) is 2.92. The molecule has 0 spiro atoms. The van der Waals surface area contributed by atoms with Gasteiger partial charge in [-0.3, -0.25) is 4.79 Å². The molecule has 94 valence electrons. The van der Waals surface area contributed by atoms with Gasteiger partial charge in [0.15, 0.2) is 0 Å². The fraction of sp³-hybridized carbons (Fsp3) is 0.385. The molecular formula is C13H15N3OS. The summed E-state index contributed by atoms with van der Waals surface area (Å²) in [6, 6.07) is 1.84. The molecule has 1 saturated carbocycles. The van der Waals surface area contributed by atoms with Gasteiger partial charge in [-0.2, -0.15) is 11.3 Å². The molecule has 18 heavy (non-hydrogen) atoms. The van der Waals surface area contributed by atoms with Crippen molar-refractivity contribution >= 4 is 17.2 Å². The highest BCUT2D eigenvalue weighted by Crippen LogP contribution is 2.38. The van der Waals surface area contributed by atoms with E-state index >= 15 is 0 Å². The SMILES string of the molecule is O=C(NCCn1ccnc1C1CC1)c1ccsc1. The lowest BCUT2D eigenvalue weighted by Crippen LogP contribution is -2.27. The molecular weight excluding hydrogens is 246 g/mol. The molecule has 1 amide bonds. The van der Waals surface area contributed by atoms with Gasteiger partial charge >= 0.3 is 0 Å². The number of nitrogens with one attached hydrogen (secondary N) is 1. The minimum absolute atomic E-state index is 0.00402. The van der Waals surface area contributed by atoms with E-state index in [2.05, 4.69) is 14.9 Å². The van der Waals surface area contributed by atoms with Crippen LogP contribution in [0.2, 0.25) is 0 Å². The summed E-state index contributed by atoms with van der Waals surface area (Å²) in [6.07, 6.45) is 6.33. The fourth-order valence-corrected chi connectivity index (χ4v) is 2.63. The van der Waals surface area contributed by atoms with Crippen LogP contribution in [0.4, 0.5) is 0 Å². The molecule has 0 bridgehead atoms. The molecule has 0 atom stereocenters.